The number of amides is 1. The molecule has 0 spiro atoms. The second-order valence-electron chi connectivity index (χ2n) is 4.52. The third-order valence-electron chi connectivity index (χ3n) is 2.74. The summed E-state index contributed by atoms with van der Waals surface area (Å²) in [7, 11) is 0. The molecule has 0 aromatic carbocycles. The van der Waals surface area contributed by atoms with Gasteiger partial charge < -0.3 is 15.1 Å². The lowest BCUT2D eigenvalue weighted by molar-refractivity contribution is -0.134. The van der Waals surface area contributed by atoms with Crippen LogP contribution in [0.4, 0.5) is 0 Å². The molecular weight excluding hydrogens is 230 g/mol. The average Bonchev–Trinajstić information content (AvgIpc) is 2.85. The Bertz CT molecular complexity index is 406. The molecule has 5 heteroatoms. The van der Waals surface area contributed by atoms with E-state index in [0.29, 0.717) is 18.8 Å². The maximum absolute atomic E-state index is 12.2. The Morgan fingerprint density at radius 2 is 2.33 bits per heavy atom. The number of carbonyl (C=O) groups is 1. The Morgan fingerprint density at radius 1 is 1.61 bits per heavy atom. The second kappa shape index (κ2) is 6.82. The fraction of sp³-hybridized carbons (Fsp3) is 0.538. The van der Waals surface area contributed by atoms with Crippen molar-refractivity contribution in [1.82, 2.24) is 4.90 Å². The molecule has 0 aliphatic carbocycles. The molecule has 0 fully saturated rings. The minimum Gasteiger partial charge on any atom is -0.467 e. The van der Waals surface area contributed by atoms with Gasteiger partial charge in [0, 0.05) is 6.54 Å². The van der Waals surface area contributed by atoms with Crippen molar-refractivity contribution in [2.45, 2.75) is 32.9 Å². The minimum absolute atomic E-state index is 0.0682. The number of carbonyl (C=O) groups excluding carboxylic acids is 1. The molecule has 1 rings (SSSR count). The van der Waals surface area contributed by atoms with Gasteiger partial charge in [0.05, 0.1) is 31.3 Å². The summed E-state index contributed by atoms with van der Waals surface area (Å²) >= 11 is 0. The molecule has 0 aliphatic rings. The highest BCUT2D eigenvalue weighted by Crippen LogP contribution is 2.10. The number of nitrogens with zero attached hydrogens (tertiary/aromatic N) is 2. The fourth-order valence-electron chi connectivity index (χ4n) is 1.54. The van der Waals surface area contributed by atoms with E-state index in [2.05, 4.69) is 0 Å². The van der Waals surface area contributed by atoms with Gasteiger partial charge in [-0.25, -0.2) is 0 Å². The van der Waals surface area contributed by atoms with Crippen molar-refractivity contribution >= 4 is 5.91 Å². The van der Waals surface area contributed by atoms with Crippen molar-refractivity contribution in [3.63, 3.8) is 0 Å². The van der Waals surface area contributed by atoms with Gasteiger partial charge in [-0.05, 0) is 18.1 Å². The number of furan rings is 1. The molecule has 0 aliphatic heterocycles. The molecule has 18 heavy (non-hydrogen) atoms. The molecule has 0 saturated heterocycles. The Hall–Kier alpha value is -1.80. The van der Waals surface area contributed by atoms with Crippen molar-refractivity contribution in [3.8, 4) is 6.07 Å². The predicted molar refractivity (Wildman–Crippen MR) is 67.2 cm³/mol. The third kappa shape index (κ3) is 3.90. The van der Waals surface area contributed by atoms with Crippen LogP contribution in [0.1, 0.15) is 26.0 Å². The highest BCUT2D eigenvalue weighted by molar-refractivity contribution is 5.81. The molecule has 0 saturated carbocycles. The zero-order valence-corrected chi connectivity index (χ0v) is 10.8. The summed E-state index contributed by atoms with van der Waals surface area (Å²) in [4.78, 5) is 13.7. The lowest BCUT2D eigenvalue weighted by Gasteiger charge is -2.25. The van der Waals surface area contributed by atoms with Crippen molar-refractivity contribution in [2.75, 3.05) is 6.54 Å². The van der Waals surface area contributed by atoms with Crippen LogP contribution in [-0.2, 0) is 11.3 Å². The molecule has 1 aromatic heterocycles. The van der Waals surface area contributed by atoms with Gasteiger partial charge in [-0.15, -0.1) is 0 Å². The second-order valence-corrected chi connectivity index (χ2v) is 4.52. The Morgan fingerprint density at radius 3 is 2.83 bits per heavy atom. The summed E-state index contributed by atoms with van der Waals surface area (Å²) in [6, 6.07) is 5.06. The van der Waals surface area contributed by atoms with Crippen LogP contribution < -0.4 is 5.73 Å². The molecule has 5 nitrogen and oxygen atoms in total. The number of nitriles is 1. The van der Waals surface area contributed by atoms with Gasteiger partial charge in [0.25, 0.3) is 0 Å². The lowest BCUT2D eigenvalue weighted by Crippen LogP contribution is -2.46. The molecule has 1 heterocycles. The lowest BCUT2D eigenvalue weighted by atomic mass is 10.0. The van der Waals surface area contributed by atoms with E-state index < -0.39 is 6.04 Å². The highest BCUT2D eigenvalue weighted by Gasteiger charge is 2.23. The third-order valence-corrected chi connectivity index (χ3v) is 2.74. The standard InChI is InChI=1S/C13H19N3O2/c1-10(2)12(15)13(17)16(7-4-6-14)9-11-5-3-8-18-11/h3,5,8,10,12H,4,7,9,15H2,1-2H3/t12-/m0/s1. The molecule has 0 radical (unpaired) electrons. The van der Waals surface area contributed by atoms with E-state index in [4.69, 9.17) is 15.4 Å². The SMILES string of the molecule is CC(C)[C@H](N)C(=O)N(CCC#N)Cc1ccco1. The van der Waals surface area contributed by atoms with Gasteiger partial charge in [0.1, 0.15) is 5.76 Å². The normalized spacial score (nSPS) is 12.2. The predicted octanol–water partition coefficient (Wildman–Crippen LogP) is 1.51. The van der Waals surface area contributed by atoms with Crippen LogP contribution >= 0.6 is 0 Å². The van der Waals surface area contributed by atoms with Crippen LogP contribution in [0.3, 0.4) is 0 Å². The summed E-state index contributed by atoms with van der Waals surface area (Å²) < 4.78 is 5.22. The maximum atomic E-state index is 12.2. The monoisotopic (exact) mass is 249 g/mol. The Balaban J connectivity index is 2.71. The zero-order chi connectivity index (χ0) is 13.5. The molecule has 1 aromatic rings. The first kappa shape index (κ1) is 14.3. The van der Waals surface area contributed by atoms with Crippen molar-refractivity contribution in [2.24, 2.45) is 11.7 Å². The molecule has 98 valence electrons. The van der Waals surface area contributed by atoms with Crippen molar-refractivity contribution in [3.05, 3.63) is 24.2 Å². The molecule has 0 bridgehead atoms. The van der Waals surface area contributed by atoms with Crippen molar-refractivity contribution in [1.29, 1.82) is 5.26 Å². The molecule has 0 unspecified atom stereocenters. The van der Waals surface area contributed by atoms with E-state index >= 15 is 0 Å². The first-order valence-corrected chi connectivity index (χ1v) is 6.00. The average molecular weight is 249 g/mol. The first-order chi connectivity index (χ1) is 8.56. The molecular formula is C13H19N3O2. The van der Waals surface area contributed by atoms with E-state index in [0.717, 1.165) is 0 Å². The fourth-order valence-corrected chi connectivity index (χ4v) is 1.54. The van der Waals surface area contributed by atoms with E-state index in [1.165, 1.54) is 0 Å². The van der Waals surface area contributed by atoms with E-state index in [9.17, 15) is 4.79 Å². The van der Waals surface area contributed by atoms with Crippen LogP contribution in [0.15, 0.2) is 22.8 Å². The van der Waals surface area contributed by atoms with E-state index in [1.807, 2.05) is 19.9 Å². The smallest absolute Gasteiger partial charge is 0.240 e. The number of hydrogen-bond acceptors (Lipinski definition) is 4. The van der Waals surface area contributed by atoms with E-state index in [1.54, 1.807) is 23.3 Å². The van der Waals surface area contributed by atoms with Gasteiger partial charge in [0.15, 0.2) is 0 Å². The summed E-state index contributed by atoms with van der Waals surface area (Å²) in [5.41, 5.74) is 5.86. The van der Waals surface area contributed by atoms with Gasteiger partial charge in [-0.1, -0.05) is 13.8 Å². The number of hydrogen-bond donors (Lipinski definition) is 1. The minimum atomic E-state index is -0.543. The van der Waals surface area contributed by atoms with Gasteiger partial charge in [-0.2, -0.15) is 5.26 Å². The van der Waals surface area contributed by atoms with Crippen molar-refractivity contribution < 1.29 is 9.21 Å². The maximum Gasteiger partial charge on any atom is 0.240 e. The number of nitrogens with two attached hydrogens (primary N) is 1. The van der Waals surface area contributed by atoms with E-state index in [-0.39, 0.29) is 18.2 Å². The Kier molecular flexibility index (Phi) is 5.40. The van der Waals surface area contributed by atoms with Gasteiger partial charge in [0.2, 0.25) is 5.91 Å². The topological polar surface area (TPSA) is 83.3 Å². The summed E-state index contributed by atoms with van der Waals surface area (Å²) in [6.07, 6.45) is 1.85. The van der Waals surface area contributed by atoms with Crippen LogP contribution in [0, 0.1) is 17.2 Å². The summed E-state index contributed by atoms with van der Waals surface area (Å²) in [5.74, 6) is 0.618. The van der Waals surface area contributed by atoms with Crippen LogP contribution in [0.2, 0.25) is 0 Å². The number of rotatable bonds is 6. The summed E-state index contributed by atoms with van der Waals surface area (Å²) in [6.45, 7) is 4.53. The van der Waals surface area contributed by atoms with Gasteiger partial charge in [-0.3, -0.25) is 4.79 Å². The quantitative estimate of drug-likeness (QED) is 0.828. The molecule has 2 N–H and O–H groups in total. The largest absolute Gasteiger partial charge is 0.467 e. The first-order valence-electron chi connectivity index (χ1n) is 6.00. The highest BCUT2D eigenvalue weighted by atomic mass is 16.3. The van der Waals surface area contributed by atoms with Crippen LogP contribution in [-0.4, -0.2) is 23.4 Å². The summed E-state index contributed by atoms with van der Waals surface area (Å²) in [5, 5.41) is 8.63. The van der Waals surface area contributed by atoms with Crippen LogP contribution in [0.25, 0.3) is 0 Å². The molecule has 1 atom stereocenters. The van der Waals surface area contributed by atoms with Gasteiger partial charge >= 0.3 is 0 Å². The van der Waals surface area contributed by atoms with Crippen LogP contribution in [0.5, 0.6) is 0 Å². The Labute approximate surface area is 107 Å². The zero-order valence-electron chi connectivity index (χ0n) is 10.8. The molecule has 1 amide bonds.